The van der Waals surface area contributed by atoms with Gasteiger partial charge in [0.2, 0.25) is 0 Å². The van der Waals surface area contributed by atoms with Crippen molar-refractivity contribution in [3.8, 4) is 118 Å². The Labute approximate surface area is 538 Å². The second kappa shape index (κ2) is 23.2. The van der Waals surface area contributed by atoms with Crippen molar-refractivity contribution in [1.29, 1.82) is 5.26 Å². The van der Waals surface area contributed by atoms with Crippen molar-refractivity contribution < 1.29 is 13.2 Å². The van der Waals surface area contributed by atoms with E-state index in [9.17, 15) is 5.26 Å². The first-order valence-electron chi connectivity index (χ1n) is 30.6. The molecule has 8 nitrogen and oxygen atoms in total. The van der Waals surface area contributed by atoms with E-state index in [1.54, 1.807) is 30.9 Å². The zero-order valence-corrected chi connectivity index (χ0v) is 50.0. The molecule has 6 heterocycles. The van der Waals surface area contributed by atoms with E-state index >= 15 is 13.2 Å². The molecular weight excluding hydrogens is 1170 g/mol. The number of halogens is 3. The van der Waals surface area contributed by atoms with Crippen LogP contribution in [-0.4, -0.2) is 29.1 Å². The number of benzene rings is 10. The van der Waals surface area contributed by atoms with Gasteiger partial charge < -0.3 is 9.13 Å². The number of nitriles is 1. The highest BCUT2D eigenvalue weighted by atomic mass is 19.4. The van der Waals surface area contributed by atoms with Crippen molar-refractivity contribution in [1.82, 2.24) is 29.1 Å². The minimum Gasteiger partial charge on any atom is -0.308 e. The zero-order valence-electron chi connectivity index (χ0n) is 50.0. The smallest absolute Gasteiger partial charge is 0.308 e. The van der Waals surface area contributed by atoms with Crippen LogP contribution in [0.2, 0.25) is 0 Å². The normalized spacial score (nSPS) is 11.5. The minimum absolute atomic E-state index is 0.0680. The maximum atomic E-state index is 15.0. The lowest BCUT2D eigenvalue weighted by atomic mass is 9.96. The summed E-state index contributed by atoms with van der Waals surface area (Å²) in [5.74, 6) is 0. The molecule has 6 aromatic heterocycles. The first kappa shape index (κ1) is 56.4. The second-order valence-corrected chi connectivity index (χ2v) is 23.0. The molecule has 16 rings (SSSR count). The van der Waals surface area contributed by atoms with E-state index < -0.39 is 11.7 Å². The molecule has 16 aromatic rings. The number of hydrogen-bond donors (Lipinski definition) is 0. The Balaban J connectivity index is 1.02. The lowest BCUT2D eigenvalue weighted by Crippen LogP contribution is -2.06. The van der Waals surface area contributed by atoms with Gasteiger partial charge in [-0.3, -0.25) is 19.9 Å². The van der Waals surface area contributed by atoms with Gasteiger partial charge in [0.05, 0.1) is 80.0 Å². The molecule has 0 bridgehead atoms. The van der Waals surface area contributed by atoms with Crippen LogP contribution in [0.5, 0.6) is 0 Å². The first-order valence-corrected chi connectivity index (χ1v) is 30.6. The molecule has 0 aliphatic carbocycles. The molecule has 0 N–H and O–H groups in total. The number of fused-ring (bicyclic) bond motifs is 6. The summed E-state index contributed by atoms with van der Waals surface area (Å²) in [5, 5.41) is 13.9. The van der Waals surface area contributed by atoms with Crippen LogP contribution < -0.4 is 0 Å². The zero-order chi connectivity index (χ0) is 63.4. The van der Waals surface area contributed by atoms with E-state index in [2.05, 4.69) is 160 Å². The topological polar surface area (TPSA) is 89.6 Å². The average Bonchev–Trinajstić information content (AvgIpc) is 1.55. The highest BCUT2D eigenvalue weighted by Gasteiger charge is 2.32. The fourth-order valence-corrected chi connectivity index (χ4v) is 13.4. The molecule has 442 valence electrons. The van der Waals surface area contributed by atoms with Crippen molar-refractivity contribution >= 4 is 49.3 Å². The van der Waals surface area contributed by atoms with Crippen molar-refractivity contribution in [3.05, 3.63) is 320 Å². The Bertz CT molecular complexity index is 5470. The predicted octanol–water partition coefficient (Wildman–Crippen LogP) is 21.9. The molecule has 0 spiro atoms. The van der Waals surface area contributed by atoms with Gasteiger partial charge in [0, 0.05) is 90.8 Å². The maximum Gasteiger partial charge on any atom is 0.416 e. The summed E-state index contributed by atoms with van der Waals surface area (Å²) >= 11 is 0. The Kier molecular flexibility index (Phi) is 13.9. The molecule has 0 radical (unpaired) electrons. The van der Waals surface area contributed by atoms with Crippen molar-refractivity contribution in [3.63, 3.8) is 0 Å². The third kappa shape index (κ3) is 9.89. The van der Waals surface area contributed by atoms with Crippen LogP contribution >= 0.6 is 0 Å². The molecule has 0 unspecified atom stereocenters. The molecule has 94 heavy (non-hydrogen) atoms. The van der Waals surface area contributed by atoms with E-state index in [0.29, 0.717) is 11.4 Å². The Morgan fingerprint density at radius 2 is 0.660 bits per heavy atom. The van der Waals surface area contributed by atoms with Gasteiger partial charge in [-0.1, -0.05) is 170 Å². The second-order valence-electron chi connectivity index (χ2n) is 23.0. The Morgan fingerprint density at radius 1 is 0.330 bits per heavy atom. The fourth-order valence-electron chi connectivity index (χ4n) is 13.4. The standard InChI is InChI=1S/C83H49F3N8/c1-88-72-50-78(94-75-36-32-59(65-28-16-40-91-81(65)55-22-10-4-11-23-55)47-70(75)71-48-60(33-37-76(71)94)66-29-17-41-92-82(66)56-24-12-5-13-25-56)77(49-67(72)61-42-52(51-87)43-62(44-61)83(84,85)86)93-73-34-30-57(63-26-14-38-89-79(63)53-18-6-2-7-19-53)45-68(73)69-46-58(31-35-74(69)93)64-27-15-39-90-80(64)54-20-8-3-9-21-54/h2-50H. The number of hydrogen-bond acceptors (Lipinski definition) is 5. The fraction of sp³-hybridized carbons (Fsp3) is 0.0120. The molecular formula is C83H49F3N8. The summed E-state index contributed by atoms with van der Waals surface area (Å²) < 4.78 is 49.4. The van der Waals surface area contributed by atoms with Gasteiger partial charge in [-0.05, 0) is 137 Å². The molecule has 0 atom stereocenters. The van der Waals surface area contributed by atoms with Gasteiger partial charge in [-0.2, -0.15) is 18.4 Å². The van der Waals surface area contributed by atoms with Crippen molar-refractivity contribution in [2.45, 2.75) is 6.18 Å². The van der Waals surface area contributed by atoms with Gasteiger partial charge in [0.15, 0.2) is 5.69 Å². The van der Waals surface area contributed by atoms with Crippen LogP contribution in [-0.2, 0) is 6.18 Å². The van der Waals surface area contributed by atoms with E-state index in [0.717, 1.165) is 145 Å². The third-order valence-corrected chi connectivity index (χ3v) is 17.6. The van der Waals surface area contributed by atoms with Crippen LogP contribution in [0.3, 0.4) is 0 Å². The van der Waals surface area contributed by atoms with Crippen LogP contribution in [0.15, 0.2) is 298 Å². The number of rotatable bonds is 11. The van der Waals surface area contributed by atoms with Gasteiger partial charge >= 0.3 is 6.18 Å². The summed E-state index contributed by atoms with van der Waals surface area (Å²) in [5.41, 5.74) is 17.9. The molecule has 0 aliphatic rings. The molecule has 0 saturated heterocycles. The largest absolute Gasteiger partial charge is 0.416 e. The highest BCUT2D eigenvalue weighted by Crippen LogP contribution is 2.48. The quantitative estimate of drug-likeness (QED) is 0.120. The number of nitrogens with zero attached hydrogens (tertiary/aromatic N) is 8. The molecule has 0 saturated carbocycles. The van der Waals surface area contributed by atoms with Crippen LogP contribution in [0.1, 0.15) is 11.1 Å². The summed E-state index contributed by atoms with van der Waals surface area (Å²) in [6.45, 7) is 8.96. The Morgan fingerprint density at radius 3 is 0.968 bits per heavy atom. The molecule has 10 aromatic carbocycles. The van der Waals surface area contributed by atoms with Crippen LogP contribution in [0.25, 0.3) is 160 Å². The first-order chi connectivity index (χ1) is 46.2. The molecule has 0 aliphatic heterocycles. The van der Waals surface area contributed by atoms with E-state index in [-0.39, 0.29) is 22.4 Å². The summed E-state index contributed by atoms with van der Waals surface area (Å²) in [4.78, 5) is 23.9. The van der Waals surface area contributed by atoms with Crippen molar-refractivity contribution in [2.24, 2.45) is 0 Å². The Hall–Kier alpha value is -12.8. The lowest BCUT2D eigenvalue weighted by Gasteiger charge is -2.20. The van der Waals surface area contributed by atoms with E-state index in [4.69, 9.17) is 26.5 Å². The van der Waals surface area contributed by atoms with Gasteiger partial charge in [-0.15, -0.1) is 0 Å². The van der Waals surface area contributed by atoms with Crippen LogP contribution in [0, 0.1) is 17.9 Å². The number of pyridine rings is 4. The molecule has 11 heteroatoms. The van der Waals surface area contributed by atoms with E-state index in [1.807, 2.05) is 109 Å². The molecule has 0 amide bonds. The number of aromatic nitrogens is 6. The van der Waals surface area contributed by atoms with E-state index in [1.165, 1.54) is 6.07 Å². The third-order valence-electron chi connectivity index (χ3n) is 17.6. The average molecular weight is 1220 g/mol. The highest BCUT2D eigenvalue weighted by molar-refractivity contribution is 6.15. The predicted molar refractivity (Wildman–Crippen MR) is 371 cm³/mol. The van der Waals surface area contributed by atoms with Crippen LogP contribution in [0.4, 0.5) is 18.9 Å². The van der Waals surface area contributed by atoms with Gasteiger partial charge in [0.1, 0.15) is 0 Å². The maximum absolute atomic E-state index is 15.0. The van der Waals surface area contributed by atoms with Gasteiger partial charge in [0.25, 0.3) is 0 Å². The summed E-state index contributed by atoms with van der Waals surface area (Å²) in [6.07, 6.45) is 2.41. The van der Waals surface area contributed by atoms with Crippen molar-refractivity contribution in [2.75, 3.05) is 0 Å². The monoisotopic (exact) mass is 1210 g/mol. The SMILES string of the molecule is [C-]#[N+]c1cc(-n2c3ccc(-c4cccnc4-c4ccccc4)cc3c3cc(-c4cccnc4-c4ccccc4)ccc32)c(-n2c3ccc(-c4cccnc4-c4ccccc4)cc3c3cc(-c4cccnc4-c4ccccc4)ccc32)cc1-c1cc(C#N)cc(C(F)(F)F)c1. The summed E-state index contributed by atoms with van der Waals surface area (Å²) in [7, 11) is 0. The summed E-state index contributed by atoms with van der Waals surface area (Å²) in [6, 6.07) is 90.9. The number of alkyl halides is 3. The lowest BCUT2D eigenvalue weighted by molar-refractivity contribution is -0.137. The molecule has 0 fully saturated rings. The van der Waals surface area contributed by atoms with Gasteiger partial charge in [-0.25, -0.2) is 4.85 Å². The minimum atomic E-state index is -4.80.